The molecule has 0 saturated heterocycles. The lowest BCUT2D eigenvalue weighted by atomic mass is 9.98. The summed E-state index contributed by atoms with van der Waals surface area (Å²) in [4.78, 5) is 37.5. The summed E-state index contributed by atoms with van der Waals surface area (Å²) < 4.78 is 5.58. The molecule has 0 saturated carbocycles. The van der Waals surface area contributed by atoms with Crippen LogP contribution in [-0.2, 0) is 14.3 Å². The number of aliphatic carboxylic acids is 1. The second kappa shape index (κ2) is 10.5. The van der Waals surface area contributed by atoms with Crippen molar-refractivity contribution in [3.63, 3.8) is 0 Å². The van der Waals surface area contributed by atoms with Crippen LogP contribution in [0.5, 0.6) is 0 Å². The van der Waals surface area contributed by atoms with Gasteiger partial charge in [-0.15, -0.1) is 11.3 Å². The molecule has 0 aliphatic heterocycles. The number of amides is 2. The number of hydrogen-bond acceptors (Lipinski definition) is 5. The molecule has 1 aromatic heterocycles. The SMILES string of the molecule is CCC(CNC(=O)C(NC(=O)OCC1c2ccccc2-c2ccccc21)c1cccs1)C(=O)O. The summed E-state index contributed by atoms with van der Waals surface area (Å²) in [6, 6.07) is 18.7. The van der Waals surface area contributed by atoms with Gasteiger partial charge in [0.2, 0.25) is 5.91 Å². The maximum atomic E-state index is 12.8. The molecule has 1 aliphatic rings. The van der Waals surface area contributed by atoms with Crippen molar-refractivity contribution in [1.29, 1.82) is 0 Å². The molecule has 7 nitrogen and oxygen atoms in total. The maximum Gasteiger partial charge on any atom is 0.408 e. The molecular weight excluding hydrogens is 452 g/mol. The maximum absolute atomic E-state index is 12.8. The van der Waals surface area contributed by atoms with E-state index in [0.29, 0.717) is 11.3 Å². The third kappa shape index (κ3) is 4.97. The Balaban J connectivity index is 1.43. The molecule has 0 bridgehead atoms. The number of nitrogens with one attached hydrogen (secondary N) is 2. The van der Waals surface area contributed by atoms with Crippen LogP contribution in [0.25, 0.3) is 11.1 Å². The number of ether oxygens (including phenoxy) is 1. The first-order chi connectivity index (χ1) is 16.5. The number of hydrogen-bond donors (Lipinski definition) is 3. The van der Waals surface area contributed by atoms with Gasteiger partial charge < -0.3 is 20.5 Å². The predicted octanol–water partition coefficient (Wildman–Crippen LogP) is 4.55. The summed E-state index contributed by atoms with van der Waals surface area (Å²) in [5, 5.41) is 16.3. The van der Waals surface area contributed by atoms with Gasteiger partial charge in [0, 0.05) is 17.3 Å². The number of carboxylic acids is 1. The van der Waals surface area contributed by atoms with E-state index in [0.717, 1.165) is 22.3 Å². The highest BCUT2D eigenvalue weighted by atomic mass is 32.1. The molecule has 3 aromatic rings. The first-order valence-corrected chi connectivity index (χ1v) is 12.0. The van der Waals surface area contributed by atoms with Crippen molar-refractivity contribution in [2.45, 2.75) is 25.3 Å². The van der Waals surface area contributed by atoms with Crippen LogP contribution >= 0.6 is 11.3 Å². The van der Waals surface area contributed by atoms with Crippen molar-refractivity contribution >= 4 is 29.3 Å². The van der Waals surface area contributed by atoms with E-state index in [4.69, 9.17) is 4.74 Å². The lowest BCUT2D eigenvalue weighted by molar-refractivity contribution is -0.141. The first kappa shape index (κ1) is 23.5. The van der Waals surface area contributed by atoms with Crippen molar-refractivity contribution in [1.82, 2.24) is 10.6 Å². The summed E-state index contributed by atoms with van der Waals surface area (Å²) >= 11 is 1.33. The van der Waals surface area contributed by atoms with Crippen molar-refractivity contribution in [3.05, 3.63) is 82.0 Å². The fraction of sp³-hybridized carbons (Fsp3) is 0.269. The minimum Gasteiger partial charge on any atom is -0.481 e. The van der Waals surface area contributed by atoms with Crippen LogP contribution in [-0.4, -0.2) is 36.2 Å². The lowest BCUT2D eigenvalue weighted by Crippen LogP contribution is -2.42. The Bertz CT molecular complexity index is 1130. The number of rotatable bonds is 9. The van der Waals surface area contributed by atoms with E-state index in [1.807, 2.05) is 36.4 Å². The van der Waals surface area contributed by atoms with E-state index in [2.05, 4.69) is 22.8 Å². The minimum atomic E-state index is -0.972. The van der Waals surface area contributed by atoms with Gasteiger partial charge in [0.05, 0.1) is 5.92 Å². The zero-order chi connectivity index (χ0) is 24.1. The van der Waals surface area contributed by atoms with E-state index in [1.165, 1.54) is 11.3 Å². The summed E-state index contributed by atoms with van der Waals surface area (Å²) in [6.45, 7) is 1.87. The molecule has 2 amide bonds. The molecule has 34 heavy (non-hydrogen) atoms. The van der Waals surface area contributed by atoms with Crippen molar-refractivity contribution in [2.75, 3.05) is 13.2 Å². The third-order valence-electron chi connectivity index (χ3n) is 6.06. The second-order valence-corrected chi connectivity index (χ2v) is 9.09. The largest absolute Gasteiger partial charge is 0.481 e. The Hall–Kier alpha value is -3.65. The Kier molecular flexibility index (Phi) is 7.27. The fourth-order valence-corrected chi connectivity index (χ4v) is 4.98. The Morgan fingerprint density at radius 1 is 1.00 bits per heavy atom. The van der Waals surface area contributed by atoms with Crippen LogP contribution in [0.15, 0.2) is 66.0 Å². The Morgan fingerprint density at radius 3 is 2.21 bits per heavy atom. The molecule has 2 atom stereocenters. The highest BCUT2D eigenvalue weighted by molar-refractivity contribution is 7.10. The molecule has 3 N–H and O–H groups in total. The van der Waals surface area contributed by atoms with E-state index in [9.17, 15) is 19.5 Å². The zero-order valence-electron chi connectivity index (χ0n) is 18.7. The normalized spacial score (nSPS) is 13.9. The lowest BCUT2D eigenvalue weighted by Gasteiger charge is -2.20. The quantitative estimate of drug-likeness (QED) is 0.418. The zero-order valence-corrected chi connectivity index (χ0v) is 19.5. The number of thiophene rings is 1. The van der Waals surface area contributed by atoms with Gasteiger partial charge in [-0.1, -0.05) is 61.5 Å². The van der Waals surface area contributed by atoms with Gasteiger partial charge in [-0.25, -0.2) is 4.79 Å². The molecule has 176 valence electrons. The van der Waals surface area contributed by atoms with Crippen molar-refractivity contribution in [2.24, 2.45) is 5.92 Å². The first-order valence-electron chi connectivity index (χ1n) is 11.1. The van der Waals surface area contributed by atoms with Gasteiger partial charge in [-0.05, 0) is 40.1 Å². The van der Waals surface area contributed by atoms with Crippen LogP contribution in [0.1, 0.15) is 41.3 Å². The average Bonchev–Trinajstić information content (AvgIpc) is 3.48. The van der Waals surface area contributed by atoms with Gasteiger partial charge in [-0.3, -0.25) is 9.59 Å². The molecule has 0 radical (unpaired) electrons. The predicted molar refractivity (Wildman–Crippen MR) is 130 cm³/mol. The van der Waals surface area contributed by atoms with Gasteiger partial charge in [0.1, 0.15) is 12.6 Å². The topological polar surface area (TPSA) is 105 Å². The fourth-order valence-electron chi connectivity index (χ4n) is 4.21. The van der Waals surface area contributed by atoms with Crippen molar-refractivity contribution < 1.29 is 24.2 Å². The number of carboxylic acid groups (broad SMARTS) is 1. The highest BCUT2D eigenvalue weighted by Gasteiger charge is 2.30. The van der Waals surface area contributed by atoms with Gasteiger partial charge in [0.25, 0.3) is 0 Å². The number of carbonyl (C=O) groups is 3. The summed E-state index contributed by atoms with van der Waals surface area (Å²) in [6.07, 6.45) is -0.320. The smallest absolute Gasteiger partial charge is 0.408 e. The molecule has 2 aromatic carbocycles. The summed E-state index contributed by atoms with van der Waals surface area (Å²) in [5.41, 5.74) is 4.46. The van der Waals surface area contributed by atoms with Crippen LogP contribution < -0.4 is 10.6 Å². The van der Waals surface area contributed by atoms with Crippen LogP contribution in [0, 0.1) is 5.92 Å². The number of alkyl carbamates (subject to hydrolysis) is 1. The van der Waals surface area contributed by atoms with Crippen LogP contribution in [0.4, 0.5) is 4.79 Å². The van der Waals surface area contributed by atoms with E-state index < -0.39 is 29.9 Å². The molecule has 8 heteroatoms. The molecular formula is C26H26N2O5S. The molecule has 1 heterocycles. The third-order valence-corrected chi connectivity index (χ3v) is 7.00. The summed E-state index contributed by atoms with van der Waals surface area (Å²) in [5.74, 6) is -2.23. The standard InChI is InChI=1S/C26H26N2O5S/c1-2-16(25(30)31)14-27-24(29)23(22-12-7-13-34-22)28-26(32)33-15-21-19-10-5-3-8-17(19)18-9-4-6-11-20(18)21/h3-13,16,21,23H,2,14-15H2,1H3,(H,27,29)(H,28,32)(H,30,31). The number of fused-ring (bicyclic) bond motifs is 3. The number of carbonyl (C=O) groups excluding carboxylic acids is 2. The highest BCUT2D eigenvalue weighted by Crippen LogP contribution is 2.44. The van der Waals surface area contributed by atoms with Gasteiger partial charge in [0.15, 0.2) is 0 Å². The van der Waals surface area contributed by atoms with E-state index in [-0.39, 0.29) is 19.1 Å². The van der Waals surface area contributed by atoms with Crippen LogP contribution in [0.2, 0.25) is 0 Å². The summed E-state index contributed by atoms with van der Waals surface area (Å²) in [7, 11) is 0. The Morgan fingerprint density at radius 2 is 1.65 bits per heavy atom. The van der Waals surface area contributed by atoms with Crippen molar-refractivity contribution in [3.8, 4) is 11.1 Å². The van der Waals surface area contributed by atoms with Gasteiger partial charge >= 0.3 is 12.1 Å². The monoisotopic (exact) mass is 478 g/mol. The molecule has 0 fully saturated rings. The Labute approximate surface area is 201 Å². The van der Waals surface area contributed by atoms with Crippen LogP contribution in [0.3, 0.4) is 0 Å². The van der Waals surface area contributed by atoms with E-state index >= 15 is 0 Å². The minimum absolute atomic E-state index is 0.0150. The average molecular weight is 479 g/mol. The van der Waals surface area contributed by atoms with Gasteiger partial charge in [-0.2, -0.15) is 0 Å². The second-order valence-electron chi connectivity index (χ2n) is 8.11. The molecule has 4 rings (SSSR count). The molecule has 2 unspecified atom stereocenters. The van der Waals surface area contributed by atoms with E-state index in [1.54, 1.807) is 24.4 Å². The number of benzene rings is 2. The molecule has 1 aliphatic carbocycles. The molecule has 0 spiro atoms.